The molecule has 0 aliphatic rings. The van der Waals surface area contributed by atoms with E-state index in [1.807, 2.05) is 30.3 Å². The van der Waals surface area contributed by atoms with Gasteiger partial charge < -0.3 is 11.1 Å². The number of thiocarbonyl (C=S) groups is 1. The zero-order valence-corrected chi connectivity index (χ0v) is 11.5. The zero-order chi connectivity index (χ0) is 13.9. The highest BCUT2D eigenvalue weighted by Crippen LogP contribution is 2.23. The van der Waals surface area contributed by atoms with E-state index in [0.717, 1.165) is 11.3 Å². The lowest BCUT2D eigenvalue weighted by atomic mass is 10.1. The average molecular weight is 279 g/mol. The van der Waals surface area contributed by atoms with Gasteiger partial charge in [0.1, 0.15) is 10.8 Å². The van der Waals surface area contributed by atoms with Crippen LogP contribution in [0.1, 0.15) is 5.56 Å². The number of aromatic nitrogens is 1. The molecule has 20 heavy (non-hydrogen) atoms. The Morgan fingerprint density at radius 3 is 2.60 bits per heavy atom. The van der Waals surface area contributed by atoms with E-state index in [0.29, 0.717) is 10.8 Å². The van der Waals surface area contributed by atoms with Crippen LogP contribution >= 0.6 is 12.2 Å². The van der Waals surface area contributed by atoms with E-state index in [9.17, 15) is 0 Å². The molecule has 3 rings (SSSR count). The Bertz CT molecular complexity index is 783. The van der Waals surface area contributed by atoms with Gasteiger partial charge in [0, 0.05) is 11.9 Å². The van der Waals surface area contributed by atoms with Gasteiger partial charge in [-0.15, -0.1) is 0 Å². The standard InChI is InChI=1S/C16H13N3S/c17-15(20)14-6-3-9-18-16(14)19-13-8-7-11-4-1-2-5-12(11)10-13/h1-10H,(H2,17,20)(H,18,19). The minimum atomic E-state index is 0.335. The van der Waals surface area contributed by atoms with Crippen LogP contribution in [0.4, 0.5) is 11.5 Å². The van der Waals surface area contributed by atoms with E-state index in [1.54, 1.807) is 6.20 Å². The van der Waals surface area contributed by atoms with Gasteiger partial charge >= 0.3 is 0 Å². The summed E-state index contributed by atoms with van der Waals surface area (Å²) >= 11 is 5.04. The molecule has 0 bridgehead atoms. The summed E-state index contributed by atoms with van der Waals surface area (Å²) in [4.78, 5) is 4.63. The van der Waals surface area contributed by atoms with Crippen molar-refractivity contribution in [3.8, 4) is 0 Å². The number of fused-ring (bicyclic) bond motifs is 1. The first-order chi connectivity index (χ1) is 9.74. The molecule has 4 heteroatoms. The van der Waals surface area contributed by atoms with Gasteiger partial charge in [0.05, 0.1) is 5.56 Å². The summed E-state index contributed by atoms with van der Waals surface area (Å²) in [6.45, 7) is 0. The minimum absolute atomic E-state index is 0.335. The number of nitrogens with one attached hydrogen (secondary N) is 1. The van der Waals surface area contributed by atoms with Crippen molar-refractivity contribution in [2.24, 2.45) is 5.73 Å². The molecule has 0 fully saturated rings. The first-order valence-electron chi connectivity index (χ1n) is 6.25. The molecular weight excluding hydrogens is 266 g/mol. The normalized spacial score (nSPS) is 10.4. The van der Waals surface area contributed by atoms with E-state index < -0.39 is 0 Å². The number of pyridine rings is 1. The van der Waals surface area contributed by atoms with Crippen molar-refractivity contribution >= 4 is 39.5 Å². The molecule has 1 aromatic heterocycles. The van der Waals surface area contributed by atoms with Gasteiger partial charge in [0.25, 0.3) is 0 Å². The molecule has 3 aromatic rings. The molecule has 0 saturated heterocycles. The van der Waals surface area contributed by atoms with Crippen LogP contribution < -0.4 is 11.1 Å². The molecule has 3 nitrogen and oxygen atoms in total. The maximum absolute atomic E-state index is 5.71. The summed E-state index contributed by atoms with van der Waals surface area (Å²) in [6, 6.07) is 18.0. The van der Waals surface area contributed by atoms with E-state index >= 15 is 0 Å². The topological polar surface area (TPSA) is 50.9 Å². The van der Waals surface area contributed by atoms with Gasteiger partial charge in [-0.05, 0) is 35.0 Å². The fourth-order valence-electron chi connectivity index (χ4n) is 2.11. The molecule has 98 valence electrons. The van der Waals surface area contributed by atoms with Crippen molar-refractivity contribution < 1.29 is 0 Å². The smallest absolute Gasteiger partial charge is 0.140 e. The summed E-state index contributed by atoms with van der Waals surface area (Å²) in [5.41, 5.74) is 7.41. The first-order valence-corrected chi connectivity index (χ1v) is 6.65. The molecular formula is C16H13N3S. The van der Waals surface area contributed by atoms with Gasteiger partial charge in [0.2, 0.25) is 0 Å². The Morgan fingerprint density at radius 2 is 1.80 bits per heavy atom. The highest BCUT2D eigenvalue weighted by molar-refractivity contribution is 7.80. The molecule has 2 aromatic carbocycles. The van der Waals surface area contributed by atoms with Gasteiger partial charge in [-0.1, -0.05) is 42.5 Å². The first kappa shape index (κ1) is 12.6. The number of nitrogens with two attached hydrogens (primary N) is 1. The van der Waals surface area contributed by atoms with Crippen LogP contribution in [0.5, 0.6) is 0 Å². The molecule has 0 aliphatic heterocycles. The quantitative estimate of drug-likeness (QED) is 0.719. The Labute approximate surface area is 122 Å². The Morgan fingerprint density at radius 1 is 1.00 bits per heavy atom. The highest BCUT2D eigenvalue weighted by atomic mass is 32.1. The van der Waals surface area contributed by atoms with Crippen LogP contribution in [-0.4, -0.2) is 9.97 Å². The maximum atomic E-state index is 5.71. The third kappa shape index (κ3) is 2.46. The lowest BCUT2D eigenvalue weighted by Gasteiger charge is -2.10. The molecule has 0 saturated carbocycles. The highest BCUT2D eigenvalue weighted by Gasteiger charge is 2.06. The van der Waals surface area contributed by atoms with Crippen molar-refractivity contribution in [3.63, 3.8) is 0 Å². The van der Waals surface area contributed by atoms with Gasteiger partial charge in [-0.3, -0.25) is 0 Å². The lowest BCUT2D eigenvalue weighted by molar-refractivity contribution is 1.30. The van der Waals surface area contributed by atoms with Gasteiger partial charge in [-0.25, -0.2) is 4.98 Å². The summed E-state index contributed by atoms with van der Waals surface area (Å²) in [6.07, 6.45) is 1.71. The van der Waals surface area contributed by atoms with Crippen LogP contribution in [-0.2, 0) is 0 Å². The SMILES string of the molecule is NC(=S)c1cccnc1Nc1ccc2ccccc2c1. The third-order valence-electron chi connectivity index (χ3n) is 3.09. The molecule has 3 N–H and O–H groups in total. The number of rotatable bonds is 3. The monoisotopic (exact) mass is 279 g/mol. The molecule has 0 radical (unpaired) electrons. The van der Waals surface area contributed by atoms with Crippen LogP contribution in [0.2, 0.25) is 0 Å². The van der Waals surface area contributed by atoms with Crippen molar-refractivity contribution in [1.29, 1.82) is 0 Å². The number of anilines is 2. The van der Waals surface area contributed by atoms with Crippen LogP contribution in [0, 0.1) is 0 Å². The summed E-state index contributed by atoms with van der Waals surface area (Å²) in [5, 5.41) is 5.64. The molecule has 0 unspecified atom stereocenters. The van der Waals surface area contributed by atoms with Gasteiger partial charge in [-0.2, -0.15) is 0 Å². The molecule has 1 heterocycles. The molecule has 0 aliphatic carbocycles. The van der Waals surface area contributed by atoms with Crippen LogP contribution in [0.3, 0.4) is 0 Å². The van der Waals surface area contributed by atoms with Gasteiger partial charge in [0.15, 0.2) is 0 Å². The Balaban J connectivity index is 1.99. The van der Waals surface area contributed by atoms with E-state index in [4.69, 9.17) is 18.0 Å². The minimum Gasteiger partial charge on any atom is -0.389 e. The number of hydrogen-bond acceptors (Lipinski definition) is 3. The Kier molecular flexibility index (Phi) is 3.31. The van der Waals surface area contributed by atoms with E-state index in [-0.39, 0.29) is 0 Å². The predicted octanol–water partition coefficient (Wildman–Crippen LogP) is 3.61. The maximum Gasteiger partial charge on any atom is 0.140 e. The zero-order valence-electron chi connectivity index (χ0n) is 10.7. The number of hydrogen-bond donors (Lipinski definition) is 2. The largest absolute Gasteiger partial charge is 0.389 e. The third-order valence-corrected chi connectivity index (χ3v) is 3.31. The number of benzene rings is 2. The Hall–Kier alpha value is -2.46. The van der Waals surface area contributed by atoms with Crippen LogP contribution in [0.15, 0.2) is 60.8 Å². The number of nitrogens with zero attached hydrogens (tertiary/aromatic N) is 1. The van der Waals surface area contributed by atoms with Crippen molar-refractivity contribution in [2.45, 2.75) is 0 Å². The second kappa shape index (κ2) is 5.27. The summed E-state index contributed by atoms with van der Waals surface area (Å²) in [7, 11) is 0. The van der Waals surface area contributed by atoms with Crippen LogP contribution in [0.25, 0.3) is 10.8 Å². The fourth-order valence-corrected chi connectivity index (χ4v) is 2.27. The second-order valence-corrected chi connectivity index (χ2v) is 4.89. The van der Waals surface area contributed by atoms with Crippen molar-refractivity contribution in [2.75, 3.05) is 5.32 Å². The molecule has 0 atom stereocenters. The predicted molar refractivity (Wildman–Crippen MR) is 87.4 cm³/mol. The summed E-state index contributed by atoms with van der Waals surface area (Å²) < 4.78 is 0. The van der Waals surface area contributed by atoms with Crippen molar-refractivity contribution in [1.82, 2.24) is 4.98 Å². The van der Waals surface area contributed by atoms with Crippen molar-refractivity contribution in [3.05, 3.63) is 66.4 Å². The second-order valence-electron chi connectivity index (χ2n) is 4.45. The summed E-state index contributed by atoms with van der Waals surface area (Å²) in [5.74, 6) is 0.676. The fraction of sp³-hybridized carbons (Fsp3) is 0. The average Bonchev–Trinajstić information content (AvgIpc) is 2.47. The molecule has 0 spiro atoms. The molecule has 0 amide bonds. The lowest BCUT2D eigenvalue weighted by Crippen LogP contribution is -2.12. The van der Waals surface area contributed by atoms with E-state index in [1.165, 1.54) is 10.8 Å². The van der Waals surface area contributed by atoms with E-state index in [2.05, 4.69) is 34.6 Å².